The predicted octanol–water partition coefficient (Wildman–Crippen LogP) is 0.864. The van der Waals surface area contributed by atoms with E-state index in [-0.39, 0.29) is 24.1 Å². The minimum atomic E-state index is -0.554. The van der Waals surface area contributed by atoms with Crippen molar-refractivity contribution in [2.24, 2.45) is 23.5 Å². The zero-order valence-electron chi connectivity index (χ0n) is 16.6. The molecule has 2 bridgehead atoms. The number of fused-ring (bicyclic) bond motifs is 3. The number of likely N-dealkylation sites (tertiary alicyclic amines) is 1. The van der Waals surface area contributed by atoms with Crippen LogP contribution in [0.25, 0.3) is 0 Å². The van der Waals surface area contributed by atoms with Crippen molar-refractivity contribution in [2.45, 2.75) is 44.8 Å². The highest BCUT2D eigenvalue weighted by molar-refractivity contribution is 6.05. The van der Waals surface area contributed by atoms with Gasteiger partial charge in [-0.25, -0.2) is 0 Å². The van der Waals surface area contributed by atoms with Crippen LogP contribution in [0.15, 0.2) is 18.2 Å². The summed E-state index contributed by atoms with van der Waals surface area (Å²) >= 11 is 0. The molecule has 29 heavy (non-hydrogen) atoms. The number of piperidine rings is 2. The van der Waals surface area contributed by atoms with Gasteiger partial charge >= 0.3 is 0 Å². The Morgan fingerprint density at radius 3 is 2.52 bits per heavy atom. The lowest BCUT2D eigenvalue weighted by Crippen LogP contribution is -2.52. The number of carbonyl (C=O) groups excluding carboxylic acids is 3. The highest BCUT2D eigenvalue weighted by Gasteiger charge is 2.41. The molecule has 3 unspecified atom stereocenters. The van der Waals surface area contributed by atoms with Crippen LogP contribution in [0.5, 0.6) is 0 Å². The van der Waals surface area contributed by atoms with Crippen molar-refractivity contribution in [3.63, 3.8) is 0 Å². The largest absolute Gasteiger partial charge is 0.330 e. The molecule has 1 aromatic rings. The van der Waals surface area contributed by atoms with E-state index in [9.17, 15) is 14.4 Å². The number of imide groups is 1. The first-order valence-electron chi connectivity index (χ1n) is 10.7. The molecule has 1 saturated carbocycles. The molecular weight excluding hydrogens is 368 g/mol. The number of amides is 3. The molecule has 3 aliphatic heterocycles. The number of nitrogens with two attached hydrogens (primary N) is 1. The summed E-state index contributed by atoms with van der Waals surface area (Å²) < 4.78 is 0. The summed E-state index contributed by atoms with van der Waals surface area (Å²) in [5.74, 6) is 1.40. The Hall–Kier alpha value is -2.25. The van der Waals surface area contributed by atoms with Gasteiger partial charge in [-0.1, -0.05) is 12.1 Å². The summed E-state index contributed by atoms with van der Waals surface area (Å²) in [6, 6.07) is 5.51. The summed E-state index contributed by atoms with van der Waals surface area (Å²) in [4.78, 5) is 40.6. The molecule has 154 valence electrons. The Morgan fingerprint density at radius 1 is 1.07 bits per heavy atom. The molecule has 1 aromatic carbocycles. The molecule has 3 fully saturated rings. The quantitative estimate of drug-likeness (QED) is 0.736. The minimum Gasteiger partial charge on any atom is -0.330 e. The number of nitrogens with zero attached hydrogens (tertiary/aromatic N) is 2. The summed E-state index contributed by atoms with van der Waals surface area (Å²) in [5.41, 5.74) is 8.87. The second-order valence-electron chi connectivity index (χ2n) is 9.08. The van der Waals surface area contributed by atoms with Crippen LogP contribution in [0.4, 0.5) is 0 Å². The fourth-order valence-electron chi connectivity index (χ4n) is 5.93. The lowest BCUT2D eigenvalue weighted by atomic mass is 9.85. The molecule has 3 N–H and O–H groups in total. The Kier molecular flexibility index (Phi) is 4.67. The molecule has 2 saturated heterocycles. The topological polar surface area (TPSA) is 95.7 Å². The van der Waals surface area contributed by atoms with E-state index >= 15 is 0 Å². The van der Waals surface area contributed by atoms with Crippen molar-refractivity contribution in [3.05, 3.63) is 34.9 Å². The van der Waals surface area contributed by atoms with Gasteiger partial charge in [0.25, 0.3) is 5.91 Å². The molecule has 0 spiro atoms. The summed E-state index contributed by atoms with van der Waals surface area (Å²) in [6.45, 7) is 4.35. The molecular formula is C22H28N4O3. The van der Waals surface area contributed by atoms with E-state index in [2.05, 4.69) is 16.3 Å². The van der Waals surface area contributed by atoms with Crippen LogP contribution in [-0.4, -0.2) is 53.2 Å². The van der Waals surface area contributed by atoms with Crippen molar-refractivity contribution in [3.8, 4) is 0 Å². The van der Waals surface area contributed by atoms with Crippen LogP contribution in [0, 0.1) is 17.8 Å². The van der Waals surface area contributed by atoms with Gasteiger partial charge < -0.3 is 10.6 Å². The first-order chi connectivity index (χ1) is 14.0. The van der Waals surface area contributed by atoms with Crippen LogP contribution in [0.3, 0.4) is 0 Å². The average Bonchev–Trinajstić information content (AvgIpc) is 3.14. The maximum Gasteiger partial charge on any atom is 0.255 e. The van der Waals surface area contributed by atoms with Gasteiger partial charge in [0.2, 0.25) is 11.8 Å². The lowest BCUT2D eigenvalue weighted by molar-refractivity contribution is -0.136. The molecule has 4 aliphatic rings. The van der Waals surface area contributed by atoms with Crippen molar-refractivity contribution in [1.29, 1.82) is 0 Å². The molecule has 3 atom stereocenters. The molecule has 0 radical (unpaired) electrons. The number of nitrogens with one attached hydrogen (secondary N) is 1. The van der Waals surface area contributed by atoms with E-state index < -0.39 is 6.04 Å². The summed E-state index contributed by atoms with van der Waals surface area (Å²) in [6.07, 6.45) is 3.27. The molecule has 7 nitrogen and oxygen atoms in total. The molecule has 3 heterocycles. The summed E-state index contributed by atoms with van der Waals surface area (Å²) in [7, 11) is 0. The first kappa shape index (κ1) is 18.8. The van der Waals surface area contributed by atoms with Gasteiger partial charge in [-0.05, 0) is 60.8 Å². The molecule has 0 aromatic heterocycles. The zero-order chi connectivity index (χ0) is 20.1. The Balaban J connectivity index is 1.28. The summed E-state index contributed by atoms with van der Waals surface area (Å²) in [5, 5.41) is 2.35. The van der Waals surface area contributed by atoms with Crippen molar-refractivity contribution < 1.29 is 14.4 Å². The number of carbonyl (C=O) groups is 3. The third-order valence-electron chi connectivity index (χ3n) is 7.37. The van der Waals surface area contributed by atoms with Crippen molar-refractivity contribution in [2.75, 3.05) is 19.6 Å². The molecule has 7 heteroatoms. The Morgan fingerprint density at radius 2 is 1.83 bits per heavy atom. The van der Waals surface area contributed by atoms with Gasteiger partial charge in [0, 0.05) is 38.2 Å². The van der Waals surface area contributed by atoms with Crippen LogP contribution in [0.2, 0.25) is 0 Å². The Labute approximate surface area is 170 Å². The molecule has 5 rings (SSSR count). The minimum absolute atomic E-state index is 0.108. The lowest BCUT2D eigenvalue weighted by Gasteiger charge is -2.37. The van der Waals surface area contributed by atoms with Crippen LogP contribution < -0.4 is 11.1 Å². The van der Waals surface area contributed by atoms with Crippen LogP contribution >= 0.6 is 0 Å². The van der Waals surface area contributed by atoms with Gasteiger partial charge in [0.05, 0.1) is 0 Å². The van der Waals surface area contributed by atoms with Gasteiger partial charge in [-0.2, -0.15) is 0 Å². The number of hydrogen-bond acceptors (Lipinski definition) is 5. The number of benzene rings is 1. The molecule has 3 amide bonds. The maximum atomic E-state index is 12.8. The third kappa shape index (κ3) is 3.26. The highest BCUT2D eigenvalue weighted by atomic mass is 16.2. The SMILES string of the molecule is NCC1C2CCC1CN(Cc1ccc3c(c1)CN(C1CCC(=O)NC1=O)C3=O)C2. The molecule has 1 aliphatic carbocycles. The highest BCUT2D eigenvalue weighted by Crippen LogP contribution is 2.41. The second kappa shape index (κ2) is 7.22. The van der Waals surface area contributed by atoms with E-state index in [0.29, 0.717) is 24.4 Å². The van der Waals surface area contributed by atoms with E-state index in [1.165, 1.54) is 18.4 Å². The monoisotopic (exact) mass is 396 g/mol. The second-order valence-corrected chi connectivity index (χ2v) is 9.08. The normalized spacial score (nSPS) is 31.9. The van der Waals surface area contributed by atoms with E-state index in [4.69, 9.17) is 5.73 Å². The number of rotatable bonds is 4. The standard InChI is InChI=1S/C22H28N4O3/c23-8-18-14-2-3-15(18)11-25(10-14)9-13-1-4-17-16(7-13)12-26(22(17)29)19-5-6-20(27)24-21(19)28/h1,4,7,14-15,18-19H,2-3,5-6,8-12,23H2,(H,24,27,28). The van der Waals surface area contributed by atoms with E-state index in [1.807, 2.05) is 12.1 Å². The fraction of sp³-hybridized carbons (Fsp3) is 0.591. The third-order valence-corrected chi connectivity index (χ3v) is 7.37. The van der Waals surface area contributed by atoms with Crippen molar-refractivity contribution in [1.82, 2.24) is 15.1 Å². The Bertz CT molecular complexity index is 856. The number of hydrogen-bond donors (Lipinski definition) is 2. The van der Waals surface area contributed by atoms with Crippen LogP contribution in [0.1, 0.15) is 47.2 Å². The van der Waals surface area contributed by atoms with E-state index in [1.54, 1.807) is 4.90 Å². The van der Waals surface area contributed by atoms with Crippen molar-refractivity contribution >= 4 is 17.7 Å². The van der Waals surface area contributed by atoms with Crippen LogP contribution in [-0.2, 0) is 22.7 Å². The smallest absolute Gasteiger partial charge is 0.255 e. The van der Waals surface area contributed by atoms with Gasteiger partial charge in [-0.3, -0.25) is 24.6 Å². The maximum absolute atomic E-state index is 12.8. The average molecular weight is 396 g/mol. The van der Waals surface area contributed by atoms with Gasteiger partial charge in [0.15, 0.2) is 0 Å². The fourth-order valence-corrected chi connectivity index (χ4v) is 5.93. The zero-order valence-corrected chi connectivity index (χ0v) is 16.6. The van der Waals surface area contributed by atoms with E-state index in [0.717, 1.165) is 43.6 Å². The van der Waals surface area contributed by atoms with Gasteiger partial charge in [-0.15, -0.1) is 0 Å². The first-order valence-corrected chi connectivity index (χ1v) is 10.7. The van der Waals surface area contributed by atoms with Gasteiger partial charge in [0.1, 0.15) is 6.04 Å². The predicted molar refractivity (Wildman–Crippen MR) is 107 cm³/mol.